The second-order valence-corrected chi connectivity index (χ2v) is 16.5. The minimum absolute atomic E-state index is 0.168. The smallest absolute Gasteiger partial charge is 0.306 e. The van der Waals surface area contributed by atoms with Crippen LogP contribution in [0.2, 0.25) is 0 Å². The summed E-state index contributed by atoms with van der Waals surface area (Å²) in [5, 5.41) is 9.62. The zero-order valence-corrected chi connectivity index (χ0v) is 36.3. The van der Waals surface area contributed by atoms with E-state index in [0.29, 0.717) is 19.6 Å². The van der Waals surface area contributed by atoms with Gasteiger partial charge in [-0.05, 0) is 38.5 Å². The summed E-state index contributed by atoms with van der Waals surface area (Å²) < 4.78 is 11.2. The van der Waals surface area contributed by atoms with Crippen molar-refractivity contribution in [3.8, 4) is 0 Å². The maximum absolute atomic E-state index is 12.2. The van der Waals surface area contributed by atoms with Gasteiger partial charge in [0.05, 0.1) is 13.2 Å². The number of hydrogen-bond acceptors (Lipinski definition) is 4. The molecule has 0 aliphatic rings. The molecular formula is C49H96O4. The molecule has 0 aromatic heterocycles. The van der Waals surface area contributed by atoms with Crippen molar-refractivity contribution >= 4 is 5.97 Å². The Bertz CT molecular complexity index is 707. The zero-order chi connectivity index (χ0) is 38.4. The Kier molecular flexibility index (Phi) is 46.5. The fourth-order valence-corrected chi connectivity index (χ4v) is 7.44. The minimum Gasteiger partial charge on any atom is -0.457 e. The molecule has 4 heteroatoms. The molecule has 0 heterocycles. The monoisotopic (exact) mass is 749 g/mol. The molecule has 53 heavy (non-hydrogen) atoms. The number of carbonyl (C=O) groups excluding carboxylic acids is 1. The van der Waals surface area contributed by atoms with E-state index in [1.807, 2.05) is 0 Å². The van der Waals surface area contributed by atoms with Crippen LogP contribution in [-0.2, 0) is 14.3 Å². The average molecular weight is 749 g/mol. The van der Waals surface area contributed by atoms with Crippen LogP contribution in [0.5, 0.6) is 0 Å². The van der Waals surface area contributed by atoms with Crippen LogP contribution in [0.1, 0.15) is 271 Å². The number of allylic oxidation sites excluding steroid dienone is 2. The number of hydrogen-bond donors (Lipinski definition) is 1. The predicted molar refractivity (Wildman–Crippen MR) is 233 cm³/mol. The van der Waals surface area contributed by atoms with E-state index < -0.39 is 6.10 Å². The van der Waals surface area contributed by atoms with Crippen molar-refractivity contribution in [1.29, 1.82) is 0 Å². The third-order valence-electron chi connectivity index (χ3n) is 11.1. The normalized spacial score (nSPS) is 12.3. The van der Waals surface area contributed by atoms with Crippen LogP contribution in [0.25, 0.3) is 0 Å². The Balaban J connectivity index is 3.34. The van der Waals surface area contributed by atoms with Crippen molar-refractivity contribution in [3.05, 3.63) is 12.2 Å². The van der Waals surface area contributed by atoms with Crippen LogP contribution in [0, 0.1) is 0 Å². The van der Waals surface area contributed by atoms with Gasteiger partial charge in [0.1, 0.15) is 6.10 Å². The quantitative estimate of drug-likeness (QED) is 0.0383. The van der Waals surface area contributed by atoms with Crippen molar-refractivity contribution in [1.82, 2.24) is 0 Å². The molecule has 0 aliphatic carbocycles. The van der Waals surface area contributed by atoms with Gasteiger partial charge in [0.15, 0.2) is 0 Å². The van der Waals surface area contributed by atoms with Crippen LogP contribution in [0.3, 0.4) is 0 Å². The van der Waals surface area contributed by atoms with E-state index in [1.54, 1.807) is 0 Å². The van der Waals surface area contributed by atoms with Gasteiger partial charge in [-0.1, -0.05) is 238 Å². The standard InChI is InChI=1S/C49H96O4/c1-3-5-7-9-11-13-15-17-19-21-22-23-24-25-26-27-28-29-30-32-34-36-38-40-42-44-49(51)53-48(46-50)47-52-45-43-41-39-37-35-33-31-20-18-16-14-12-10-8-6-4-2/h18,20,48,50H,3-17,19,21-47H2,1-2H3/b20-18-. The van der Waals surface area contributed by atoms with E-state index in [0.717, 1.165) is 19.3 Å². The zero-order valence-electron chi connectivity index (χ0n) is 36.3. The number of aliphatic hydroxyl groups excluding tert-OH is 1. The first kappa shape index (κ1) is 52.1. The lowest BCUT2D eigenvalue weighted by atomic mass is 10.0. The van der Waals surface area contributed by atoms with Crippen LogP contribution < -0.4 is 0 Å². The molecule has 1 atom stereocenters. The molecule has 316 valence electrons. The fraction of sp³-hybridized carbons (Fsp3) is 0.939. The van der Waals surface area contributed by atoms with Crippen LogP contribution in [0.4, 0.5) is 0 Å². The molecule has 0 radical (unpaired) electrons. The molecule has 0 bridgehead atoms. The molecule has 0 aliphatic heterocycles. The van der Waals surface area contributed by atoms with Gasteiger partial charge in [-0.25, -0.2) is 0 Å². The van der Waals surface area contributed by atoms with E-state index in [2.05, 4.69) is 26.0 Å². The van der Waals surface area contributed by atoms with Gasteiger partial charge in [0.25, 0.3) is 0 Å². The van der Waals surface area contributed by atoms with Crippen molar-refractivity contribution in [2.24, 2.45) is 0 Å². The van der Waals surface area contributed by atoms with Crippen molar-refractivity contribution in [2.75, 3.05) is 19.8 Å². The largest absolute Gasteiger partial charge is 0.457 e. The third-order valence-corrected chi connectivity index (χ3v) is 11.1. The lowest BCUT2D eigenvalue weighted by molar-refractivity contribution is -0.154. The van der Waals surface area contributed by atoms with Crippen LogP contribution in [0.15, 0.2) is 12.2 Å². The lowest BCUT2D eigenvalue weighted by Gasteiger charge is -2.15. The first-order chi connectivity index (χ1) is 26.2. The summed E-state index contributed by atoms with van der Waals surface area (Å²) in [7, 11) is 0. The molecule has 0 aromatic carbocycles. The van der Waals surface area contributed by atoms with E-state index in [-0.39, 0.29) is 12.6 Å². The molecule has 0 saturated carbocycles. The van der Waals surface area contributed by atoms with E-state index in [9.17, 15) is 9.90 Å². The second-order valence-electron chi connectivity index (χ2n) is 16.5. The molecule has 0 amide bonds. The molecule has 1 N–H and O–H groups in total. The van der Waals surface area contributed by atoms with Gasteiger partial charge in [0.2, 0.25) is 0 Å². The summed E-state index contributed by atoms with van der Waals surface area (Å²) in [6, 6.07) is 0. The van der Waals surface area contributed by atoms with Crippen molar-refractivity contribution < 1.29 is 19.4 Å². The number of aliphatic hydroxyl groups is 1. The molecular weight excluding hydrogens is 653 g/mol. The van der Waals surface area contributed by atoms with E-state index in [1.165, 1.54) is 231 Å². The van der Waals surface area contributed by atoms with Crippen molar-refractivity contribution in [2.45, 2.75) is 277 Å². The number of rotatable bonds is 46. The summed E-state index contributed by atoms with van der Waals surface area (Å²) >= 11 is 0. The molecule has 0 saturated heterocycles. The minimum atomic E-state index is -0.532. The van der Waals surface area contributed by atoms with Gasteiger partial charge < -0.3 is 14.6 Å². The van der Waals surface area contributed by atoms with Gasteiger partial charge >= 0.3 is 5.97 Å². The van der Waals surface area contributed by atoms with E-state index in [4.69, 9.17) is 9.47 Å². The first-order valence-electron chi connectivity index (χ1n) is 24.3. The summed E-state index contributed by atoms with van der Waals surface area (Å²) in [5.41, 5.74) is 0. The second kappa shape index (κ2) is 47.3. The summed E-state index contributed by atoms with van der Waals surface area (Å²) in [6.07, 6.45) is 57.3. The predicted octanol–water partition coefficient (Wildman–Crippen LogP) is 16.1. The highest BCUT2D eigenvalue weighted by Crippen LogP contribution is 2.17. The number of unbranched alkanes of at least 4 members (excludes halogenated alkanes) is 36. The molecule has 4 nitrogen and oxygen atoms in total. The molecule has 0 aromatic rings. The van der Waals surface area contributed by atoms with Crippen LogP contribution in [-0.4, -0.2) is 37.0 Å². The average Bonchev–Trinajstić information content (AvgIpc) is 3.16. The molecule has 0 rings (SSSR count). The highest BCUT2D eigenvalue weighted by atomic mass is 16.6. The number of ether oxygens (including phenoxy) is 2. The number of carbonyl (C=O) groups is 1. The third kappa shape index (κ3) is 45.4. The summed E-state index contributed by atoms with van der Waals surface area (Å²) in [6.45, 7) is 5.38. The van der Waals surface area contributed by atoms with Crippen LogP contribution >= 0.6 is 0 Å². The first-order valence-corrected chi connectivity index (χ1v) is 24.3. The maximum atomic E-state index is 12.2. The molecule has 0 fully saturated rings. The van der Waals surface area contributed by atoms with Gasteiger partial charge in [0, 0.05) is 13.0 Å². The Morgan fingerprint density at radius 2 is 0.736 bits per heavy atom. The van der Waals surface area contributed by atoms with Gasteiger partial charge in [-0.15, -0.1) is 0 Å². The maximum Gasteiger partial charge on any atom is 0.306 e. The molecule has 1 unspecified atom stereocenters. The summed E-state index contributed by atoms with van der Waals surface area (Å²) in [4.78, 5) is 12.2. The number of esters is 1. The molecule has 0 spiro atoms. The highest BCUT2D eigenvalue weighted by Gasteiger charge is 2.13. The topological polar surface area (TPSA) is 55.8 Å². The van der Waals surface area contributed by atoms with Gasteiger partial charge in [-0.2, -0.15) is 0 Å². The Hall–Kier alpha value is -0.870. The van der Waals surface area contributed by atoms with E-state index >= 15 is 0 Å². The fourth-order valence-electron chi connectivity index (χ4n) is 7.44. The Morgan fingerprint density at radius 1 is 0.434 bits per heavy atom. The van der Waals surface area contributed by atoms with Gasteiger partial charge in [-0.3, -0.25) is 4.79 Å². The highest BCUT2D eigenvalue weighted by molar-refractivity contribution is 5.69. The Labute approximate surface area is 333 Å². The Morgan fingerprint density at radius 3 is 1.08 bits per heavy atom. The van der Waals surface area contributed by atoms with Crippen molar-refractivity contribution in [3.63, 3.8) is 0 Å². The lowest BCUT2D eigenvalue weighted by Crippen LogP contribution is -2.27. The SMILES string of the molecule is CCCCCCCC/C=C\CCCCCCCCOCC(CO)OC(=O)CCCCCCCCCCCCCCCCCCCCCCCCCCC. The summed E-state index contributed by atoms with van der Waals surface area (Å²) in [5.74, 6) is -0.195.